The lowest BCUT2D eigenvalue weighted by molar-refractivity contribution is -0.141. The SMILES string of the molecule is Cc1c(OCC(C)(C)O)ccc([C@H]2CCC[C@H]3CN(C(=O)c4ccc(C(F)(F)F)nc4)CCN32)c1C. The second-order valence-corrected chi connectivity index (χ2v) is 10.5. The number of alkyl halides is 3. The number of carbonyl (C=O) groups is 1. The van der Waals surface area contributed by atoms with Crippen molar-refractivity contribution in [2.24, 2.45) is 0 Å². The fraction of sp³-hybridized carbons (Fsp3) is 0.556. The summed E-state index contributed by atoms with van der Waals surface area (Å²) in [5, 5.41) is 10.00. The van der Waals surface area contributed by atoms with E-state index in [0.717, 1.165) is 42.8 Å². The number of aliphatic hydroxyl groups is 1. The number of carbonyl (C=O) groups excluding carboxylic acids is 1. The second kappa shape index (κ2) is 10.0. The van der Waals surface area contributed by atoms with Crippen LogP contribution in [0.2, 0.25) is 0 Å². The fourth-order valence-corrected chi connectivity index (χ4v) is 5.23. The van der Waals surface area contributed by atoms with Crippen molar-refractivity contribution >= 4 is 5.91 Å². The Morgan fingerprint density at radius 2 is 1.86 bits per heavy atom. The molecule has 1 aromatic carbocycles. The average molecular weight is 506 g/mol. The summed E-state index contributed by atoms with van der Waals surface area (Å²) in [5.74, 6) is 0.490. The molecule has 2 fully saturated rings. The van der Waals surface area contributed by atoms with Gasteiger partial charge in [-0.15, -0.1) is 0 Å². The molecule has 0 unspecified atom stereocenters. The highest BCUT2D eigenvalue weighted by atomic mass is 19.4. The summed E-state index contributed by atoms with van der Waals surface area (Å²) in [6.07, 6.45) is -0.478. The number of aromatic nitrogens is 1. The fourth-order valence-electron chi connectivity index (χ4n) is 5.23. The summed E-state index contributed by atoms with van der Waals surface area (Å²) in [6.45, 7) is 9.52. The molecule has 9 heteroatoms. The summed E-state index contributed by atoms with van der Waals surface area (Å²) < 4.78 is 44.3. The van der Waals surface area contributed by atoms with Crippen molar-refractivity contribution < 1.29 is 27.8 Å². The Hall–Kier alpha value is -2.65. The van der Waals surface area contributed by atoms with Gasteiger partial charge in [-0.05, 0) is 81.8 Å². The van der Waals surface area contributed by atoms with Crippen LogP contribution in [0.5, 0.6) is 5.75 Å². The third-order valence-electron chi connectivity index (χ3n) is 7.25. The molecule has 4 rings (SSSR count). The molecule has 196 valence electrons. The molecular weight excluding hydrogens is 471 g/mol. The van der Waals surface area contributed by atoms with Crippen LogP contribution in [0, 0.1) is 13.8 Å². The topological polar surface area (TPSA) is 65.9 Å². The number of nitrogens with zero attached hydrogens (tertiary/aromatic N) is 3. The van der Waals surface area contributed by atoms with Gasteiger partial charge in [-0.3, -0.25) is 14.7 Å². The van der Waals surface area contributed by atoms with Gasteiger partial charge in [0.1, 0.15) is 18.1 Å². The Balaban J connectivity index is 1.46. The van der Waals surface area contributed by atoms with Crippen LogP contribution in [-0.4, -0.2) is 63.7 Å². The van der Waals surface area contributed by atoms with Crippen LogP contribution in [0.25, 0.3) is 0 Å². The first-order chi connectivity index (χ1) is 16.8. The van der Waals surface area contributed by atoms with Crippen molar-refractivity contribution in [3.05, 3.63) is 58.4 Å². The van der Waals surface area contributed by atoms with Gasteiger partial charge in [0.25, 0.3) is 5.91 Å². The number of rotatable bonds is 5. The van der Waals surface area contributed by atoms with Crippen molar-refractivity contribution in [2.75, 3.05) is 26.2 Å². The number of amides is 1. The predicted octanol–water partition coefficient (Wildman–Crippen LogP) is 4.92. The molecular formula is C27H34F3N3O3. The molecule has 2 aromatic rings. The highest BCUT2D eigenvalue weighted by Gasteiger charge is 2.38. The molecule has 1 aromatic heterocycles. The second-order valence-electron chi connectivity index (χ2n) is 10.5. The zero-order valence-electron chi connectivity index (χ0n) is 21.2. The van der Waals surface area contributed by atoms with Crippen LogP contribution in [0.1, 0.15) is 71.9 Å². The number of piperazine rings is 1. The maximum atomic E-state index is 13.0. The van der Waals surface area contributed by atoms with Crippen molar-refractivity contribution in [1.82, 2.24) is 14.8 Å². The lowest BCUT2D eigenvalue weighted by Crippen LogP contribution is -2.57. The maximum Gasteiger partial charge on any atom is 0.433 e. The van der Waals surface area contributed by atoms with Crippen LogP contribution < -0.4 is 4.74 Å². The van der Waals surface area contributed by atoms with Crippen LogP contribution in [0.4, 0.5) is 13.2 Å². The van der Waals surface area contributed by atoms with Crippen molar-refractivity contribution in [2.45, 2.75) is 70.8 Å². The smallest absolute Gasteiger partial charge is 0.433 e. The van der Waals surface area contributed by atoms with E-state index < -0.39 is 17.5 Å². The predicted molar refractivity (Wildman–Crippen MR) is 130 cm³/mol. The molecule has 36 heavy (non-hydrogen) atoms. The van der Waals surface area contributed by atoms with E-state index in [0.29, 0.717) is 19.6 Å². The summed E-state index contributed by atoms with van der Waals surface area (Å²) in [4.78, 5) is 20.7. The van der Waals surface area contributed by atoms with Crippen molar-refractivity contribution in [1.29, 1.82) is 0 Å². The molecule has 2 atom stereocenters. The highest BCUT2D eigenvalue weighted by Crippen LogP contribution is 2.40. The van der Waals surface area contributed by atoms with Crippen molar-refractivity contribution in [3.63, 3.8) is 0 Å². The van der Waals surface area contributed by atoms with Gasteiger partial charge in [0, 0.05) is 37.9 Å². The Bertz CT molecular complexity index is 1100. The largest absolute Gasteiger partial charge is 0.490 e. The number of piperidine rings is 1. The monoisotopic (exact) mass is 505 g/mol. The Kier molecular flexibility index (Phi) is 7.35. The molecule has 0 aliphatic carbocycles. The average Bonchev–Trinajstić information content (AvgIpc) is 2.83. The normalized spacial score (nSPS) is 21.3. The minimum atomic E-state index is -4.53. The summed E-state index contributed by atoms with van der Waals surface area (Å²) in [6, 6.07) is 6.58. The molecule has 6 nitrogen and oxygen atoms in total. The van der Waals surface area contributed by atoms with Crippen LogP contribution in [0.3, 0.4) is 0 Å². The lowest BCUT2D eigenvalue weighted by atomic mass is 9.86. The first-order valence-corrected chi connectivity index (χ1v) is 12.4. The van der Waals surface area contributed by atoms with Gasteiger partial charge in [-0.1, -0.05) is 6.07 Å². The number of ether oxygens (including phenoxy) is 1. The first-order valence-electron chi connectivity index (χ1n) is 12.4. The van der Waals surface area contributed by atoms with Crippen LogP contribution >= 0.6 is 0 Å². The third kappa shape index (κ3) is 5.67. The van der Waals surface area contributed by atoms with Gasteiger partial charge in [0.2, 0.25) is 0 Å². The zero-order valence-corrected chi connectivity index (χ0v) is 21.2. The van der Waals surface area contributed by atoms with E-state index in [2.05, 4.69) is 22.9 Å². The van der Waals surface area contributed by atoms with Gasteiger partial charge < -0.3 is 14.7 Å². The number of pyridine rings is 1. The molecule has 0 radical (unpaired) electrons. The zero-order chi connectivity index (χ0) is 26.3. The van der Waals surface area contributed by atoms with Crippen LogP contribution in [0.15, 0.2) is 30.5 Å². The number of halogens is 3. The lowest BCUT2D eigenvalue weighted by Gasteiger charge is -2.48. The standard InChI is InChI=1S/C27H34F3N3O3/c1-17-18(2)23(36-16-26(3,4)35)10-9-21(17)22-7-5-6-20-15-32(12-13-33(20)22)25(34)19-8-11-24(31-14-19)27(28,29)30/h8-11,14,20,22,35H,5-7,12-13,15-16H2,1-4H3/t20-,22+/m0/s1. The molecule has 0 bridgehead atoms. The quantitative estimate of drug-likeness (QED) is 0.625. The van der Waals surface area contributed by atoms with Gasteiger partial charge in [-0.2, -0.15) is 13.2 Å². The summed E-state index contributed by atoms with van der Waals surface area (Å²) in [5.41, 5.74) is 1.74. The molecule has 0 spiro atoms. The molecule has 2 aliphatic heterocycles. The van der Waals surface area contributed by atoms with E-state index in [9.17, 15) is 23.1 Å². The van der Waals surface area contributed by atoms with E-state index in [1.807, 2.05) is 13.0 Å². The van der Waals surface area contributed by atoms with Gasteiger partial charge in [0.15, 0.2) is 0 Å². The molecule has 3 heterocycles. The molecule has 2 saturated heterocycles. The highest BCUT2D eigenvalue weighted by molar-refractivity contribution is 5.94. The number of hydrogen-bond donors (Lipinski definition) is 1. The van der Waals surface area contributed by atoms with Gasteiger partial charge in [0.05, 0.1) is 11.2 Å². The first kappa shape index (κ1) is 26.4. The third-order valence-corrected chi connectivity index (χ3v) is 7.25. The number of fused-ring (bicyclic) bond motifs is 1. The van der Waals surface area contributed by atoms with E-state index >= 15 is 0 Å². The Morgan fingerprint density at radius 1 is 1.11 bits per heavy atom. The summed E-state index contributed by atoms with van der Waals surface area (Å²) in [7, 11) is 0. The molecule has 2 aliphatic rings. The Labute approximate surface area is 210 Å². The van der Waals surface area contributed by atoms with E-state index in [1.54, 1.807) is 18.7 Å². The van der Waals surface area contributed by atoms with Gasteiger partial charge in [-0.25, -0.2) is 0 Å². The van der Waals surface area contributed by atoms with Gasteiger partial charge >= 0.3 is 6.18 Å². The minimum Gasteiger partial charge on any atom is -0.490 e. The van der Waals surface area contributed by atoms with Crippen molar-refractivity contribution in [3.8, 4) is 5.75 Å². The van der Waals surface area contributed by atoms with Crippen LogP contribution in [-0.2, 0) is 6.18 Å². The summed E-state index contributed by atoms with van der Waals surface area (Å²) >= 11 is 0. The molecule has 0 saturated carbocycles. The van der Waals surface area contributed by atoms with E-state index in [1.165, 1.54) is 17.2 Å². The Morgan fingerprint density at radius 3 is 2.50 bits per heavy atom. The minimum absolute atomic E-state index is 0.178. The van der Waals surface area contributed by atoms with E-state index in [4.69, 9.17) is 4.74 Å². The molecule has 1 amide bonds. The maximum absolute atomic E-state index is 13.0. The number of hydrogen-bond acceptors (Lipinski definition) is 5. The molecule has 1 N–H and O–H groups in total. The number of benzene rings is 1. The van der Waals surface area contributed by atoms with E-state index in [-0.39, 0.29) is 30.2 Å².